The van der Waals surface area contributed by atoms with Gasteiger partial charge in [0.1, 0.15) is 0 Å². The molecule has 1 aliphatic rings. The zero-order valence-electron chi connectivity index (χ0n) is 13.1. The van der Waals surface area contributed by atoms with Gasteiger partial charge in [-0.2, -0.15) is 0 Å². The first-order chi connectivity index (χ1) is 10.9. The second-order valence-corrected chi connectivity index (χ2v) is 5.96. The van der Waals surface area contributed by atoms with E-state index in [-0.39, 0.29) is 27.9 Å². The Hall–Kier alpha value is -2.08. The molecule has 2 amide bonds. The fraction of sp³-hybridized carbons (Fsp3) is 0.438. The molecular formula is C16H19ClN2O4. The second kappa shape index (κ2) is 7.00. The number of esters is 1. The monoisotopic (exact) mass is 338 g/mol. The molecule has 1 heterocycles. The lowest BCUT2D eigenvalue weighted by Gasteiger charge is -2.28. The molecule has 23 heavy (non-hydrogen) atoms. The van der Waals surface area contributed by atoms with Crippen molar-refractivity contribution >= 4 is 29.4 Å². The smallest absolute Gasteiger partial charge is 0.339 e. The van der Waals surface area contributed by atoms with Crippen LogP contribution in [0.15, 0.2) is 18.2 Å². The lowest BCUT2D eigenvalue weighted by atomic mass is 9.94. The number of nitrogens with one attached hydrogen (secondary N) is 2. The van der Waals surface area contributed by atoms with Gasteiger partial charge in [-0.1, -0.05) is 18.5 Å². The van der Waals surface area contributed by atoms with Crippen LogP contribution in [0.3, 0.4) is 0 Å². The van der Waals surface area contributed by atoms with Gasteiger partial charge in [0.25, 0.3) is 5.91 Å². The van der Waals surface area contributed by atoms with Crippen LogP contribution < -0.4 is 10.6 Å². The highest BCUT2D eigenvalue weighted by Crippen LogP contribution is 2.23. The minimum absolute atomic E-state index is 0.00609. The van der Waals surface area contributed by atoms with Crippen LogP contribution in [0.2, 0.25) is 5.02 Å². The predicted molar refractivity (Wildman–Crippen MR) is 85.5 cm³/mol. The number of hydrogen-bond donors (Lipinski definition) is 2. The van der Waals surface area contributed by atoms with Crippen LogP contribution >= 0.6 is 11.6 Å². The number of rotatable bonds is 5. The van der Waals surface area contributed by atoms with Crippen molar-refractivity contribution in [3.05, 3.63) is 34.3 Å². The van der Waals surface area contributed by atoms with E-state index in [2.05, 4.69) is 15.4 Å². The molecule has 1 atom stereocenters. The summed E-state index contributed by atoms with van der Waals surface area (Å²) in [7, 11) is 1.26. The summed E-state index contributed by atoms with van der Waals surface area (Å²) in [6, 6.07) is 4.39. The number of methoxy groups -OCH3 is 1. The van der Waals surface area contributed by atoms with E-state index in [0.717, 1.165) is 6.42 Å². The predicted octanol–water partition coefficient (Wildman–Crippen LogP) is 1.92. The van der Waals surface area contributed by atoms with Crippen molar-refractivity contribution in [3.63, 3.8) is 0 Å². The van der Waals surface area contributed by atoms with E-state index in [9.17, 15) is 14.4 Å². The Morgan fingerprint density at radius 1 is 1.43 bits per heavy atom. The van der Waals surface area contributed by atoms with Crippen molar-refractivity contribution in [2.75, 3.05) is 13.7 Å². The highest BCUT2D eigenvalue weighted by atomic mass is 35.5. The normalized spacial score (nSPS) is 20.0. The lowest BCUT2D eigenvalue weighted by Crippen LogP contribution is -2.50. The third-order valence-electron chi connectivity index (χ3n) is 4.14. The van der Waals surface area contributed by atoms with E-state index in [0.29, 0.717) is 24.9 Å². The Labute approximate surface area is 139 Å². The molecule has 124 valence electrons. The second-order valence-electron chi connectivity index (χ2n) is 5.55. The molecule has 2 rings (SSSR count). The molecule has 1 aliphatic heterocycles. The molecule has 6 nitrogen and oxygen atoms in total. The van der Waals surface area contributed by atoms with Crippen LogP contribution in [0.1, 0.15) is 46.9 Å². The number of carbonyl (C=O) groups is 3. The van der Waals surface area contributed by atoms with Crippen molar-refractivity contribution in [2.24, 2.45) is 0 Å². The minimum Gasteiger partial charge on any atom is -0.465 e. The van der Waals surface area contributed by atoms with Crippen molar-refractivity contribution in [2.45, 2.75) is 31.7 Å². The molecule has 0 aliphatic carbocycles. The number of ether oxygens (including phenoxy) is 1. The zero-order valence-corrected chi connectivity index (χ0v) is 13.8. The average molecular weight is 339 g/mol. The fourth-order valence-corrected chi connectivity index (χ4v) is 2.84. The molecule has 0 radical (unpaired) electrons. The van der Waals surface area contributed by atoms with Crippen molar-refractivity contribution in [1.82, 2.24) is 10.6 Å². The quantitative estimate of drug-likeness (QED) is 0.803. The topological polar surface area (TPSA) is 84.5 Å². The summed E-state index contributed by atoms with van der Waals surface area (Å²) in [5, 5.41) is 5.90. The SMILES string of the molecule is CCC1(CNC(=O)c2ccc(C(=O)OC)c(Cl)c2)CCC(=O)N1. The molecule has 0 saturated carbocycles. The molecule has 1 saturated heterocycles. The summed E-state index contributed by atoms with van der Waals surface area (Å²) in [5.41, 5.74) is 0.166. The van der Waals surface area contributed by atoms with Gasteiger partial charge in [-0.3, -0.25) is 9.59 Å². The summed E-state index contributed by atoms with van der Waals surface area (Å²) >= 11 is 6.01. The van der Waals surface area contributed by atoms with Gasteiger partial charge >= 0.3 is 5.97 Å². The first-order valence-corrected chi connectivity index (χ1v) is 7.75. The van der Waals surface area contributed by atoms with Crippen LogP contribution in [0.5, 0.6) is 0 Å². The summed E-state index contributed by atoms with van der Waals surface area (Å²) in [4.78, 5) is 35.1. The van der Waals surface area contributed by atoms with E-state index >= 15 is 0 Å². The van der Waals surface area contributed by atoms with Crippen LogP contribution in [0.25, 0.3) is 0 Å². The molecule has 1 fully saturated rings. The van der Waals surface area contributed by atoms with Crippen LogP contribution in [-0.4, -0.2) is 37.0 Å². The van der Waals surface area contributed by atoms with Crippen molar-refractivity contribution < 1.29 is 19.1 Å². The largest absolute Gasteiger partial charge is 0.465 e. The Morgan fingerprint density at radius 3 is 2.70 bits per heavy atom. The summed E-state index contributed by atoms with van der Waals surface area (Å²) in [6.45, 7) is 2.32. The van der Waals surface area contributed by atoms with E-state index in [1.54, 1.807) is 0 Å². The van der Waals surface area contributed by atoms with E-state index < -0.39 is 5.97 Å². The molecule has 0 spiro atoms. The number of amides is 2. The third-order valence-corrected chi connectivity index (χ3v) is 4.45. The molecule has 1 unspecified atom stereocenters. The van der Waals surface area contributed by atoms with Crippen molar-refractivity contribution in [1.29, 1.82) is 0 Å². The maximum atomic E-state index is 12.2. The van der Waals surface area contributed by atoms with Gasteiger partial charge in [0.2, 0.25) is 5.91 Å². The lowest BCUT2D eigenvalue weighted by molar-refractivity contribution is -0.119. The maximum absolute atomic E-state index is 12.2. The molecular weight excluding hydrogens is 320 g/mol. The number of hydrogen-bond acceptors (Lipinski definition) is 4. The summed E-state index contributed by atoms with van der Waals surface area (Å²) in [6.07, 6.45) is 1.91. The first kappa shape index (κ1) is 17.3. The first-order valence-electron chi connectivity index (χ1n) is 7.38. The Kier molecular flexibility index (Phi) is 5.26. The summed E-state index contributed by atoms with van der Waals surface area (Å²) < 4.78 is 4.61. The van der Waals surface area contributed by atoms with Gasteiger partial charge in [-0.15, -0.1) is 0 Å². The number of halogens is 1. The molecule has 2 N–H and O–H groups in total. The highest BCUT2D eigenvalue weighted by molar-refractivity contribution is 6.34. The third kappa shape index (κ3) is 3.82. The van der Waals surface area contributed by atoms with Gasteiger partial charge in [0, 0.05) is 18.5 Å². The van der Waals surface area contributed by atoms with Crippen LogP contribution in [0, 0.1) is 0 Å². The molecule has 1 aromatic carbocycles. The van der Waals surface area contributed by atoms with Gasteiger partial charge < -0.3 is 15.4 Å². The van der Waals surface area contributed by atoms with Gasteiger partial charge in [-0.05, 0) is 31.0 Å². The molecule has 0 bridgehead atoms. The fourth-order valence-electron chi connectivity index (χ4n) is 2.58. The molecule has 7 heteroatoms. The van der Waals surface area contributed by atoms with Gasteiger partial charge in [0.05, 0.1) is 23.2 Å². The van der Waals surface area contributed by atoms with E-state index in [1.807, 2.05) is 6.92 Å². The zero-order chi connectivity index (χ0) is 17.0. The minimum atomic E-state index is -0.555. The van der Waals surface area contributed by atoms with Crippen molar-refractivity contribution in [3.8, 4) is 0 Å². The number of carbonyl (C=O) groups excluding carboxylic acids is 3. The molecule has 1 aromatic rings. The van der Waals surface area contributed by atoms with E-state index in [4.69, 9.17) is 11.6 Å². The van der Waals surface area contributed by atoms with Gasteiger partial charge in [0.15, 0.2) is 0 Å². The Morgan fingerprint density at radius 2 is 2.17 bits per heavy atom. The standard InChI is InChI=1S/C16H19ClN2O4/c1-3-16(7-6-13(20)19-16)9-18-14(21)10-4-5-11(12(17)8-10)15(22)23-2/h4-5,8H,3,6-7,9H2,1-2H3,(H,18,21)(H,19,20). The van der Waals surface area contributed by atoms with Crippen LogP contribution in [0.4, 0.5) is 0 Å². The van der Waals surface area contributed by atoms with Gasteiger partial charge in [-0.25, -0.2) is 4.79 Å². The van der Waals surface area contributed by atoms with E-state index in [1.165, 1.54) is 25.3 Å². The average Bonchev–Trinajstić information content (AvgIpc) is 2.93. The van der Waals surface area contributed by atoms with Crippen LogP contribution in [-0.2, 0) is 9.53 Å². The Bertz CT molecular complexity index is 647. The number of benzene rings is 1. The maximum Gasteiger partial charge on any atom is 0.339 e. The highest BCUT2D eigenvalue weighted by Gasteiger charge is 2.36. The molecule has 0 aromatic heterocycles. The Balaban J connectivity index is 2.05. The summed E-state index contributed by atoms with van der Waals surface area (Å²) in [5.74, 6) is -0.857.